The molecule has 2 amide bonds. The molecule has 1 saturated carbocycles. The molecule has 1 fully saturated rings. The molecule has 1 aromatic rings. The summed E-state index contributed by atoms with van der Waals surface area (Å²) in [7, 11) is 1.46. The number of hydrogen-bond acceptors (Lipinski definition) is 7. The van der Waals surface area contributed by atoms with Crippen LogP contribution in [0.1, 0.15) is 67.8 Å². The topological polar surface area (TPSA) is 125 Å². The molecule has 1 aliphatic heterocycles. The number of aliphatic hydroxyl groups is 2. The number of nitrogens with zero attached hydrogens (tertiary/aromatic N) is 1. The molecule has 0 radical (unpaired) electrons. The largest absolute Gasteiger partial charge is 0.493 e. The average molecular weight is 501 g/mol. The zero-order chi connectivity index (χ0) is 26.0. The minimum Gasteiger partial charge on any atom is -0.493 e. The summed E-state index contributed by atoms with van der Waals surface area (Å²) in [5.74, 6) is -0.728. The molecule has 3 aliphatic rings. The summed E-state index contributed by atoms with van der Waals surface area (Å²) < 4.78 is 11.7. The maximum atomic E-state index is 13.5. The summed E-state index contributed by atoms with van der Waals surface area (Å²) in [4.78, 5) is 40.2. The molecule has 196 valence electrons. The van der Waals surface area contributed by atoms with E-state index in [0.29, 0.717) is 34.5 Å². The first kappa shape index (κ1) is 26.2. The molecule has 3 N–H and O–H groups in total. The molecule has 9 heteroatoms. The highest BCUT2D eigenvalue weighted by molar-refractivity contribution is 5.96. The molecule has 4 atom stereocenters. The number of hydrogen-bond donors (Lipinski definition) is 3. The predicted octanol–water partition coefficient (Wildman–Crippen LogP) is 1.95. The molecule has 36 heavy (non-hydrogen) atoms. The van der Waals surface area contributed by atoms with Crippen LogP contribution in [0.3, 0.4) is 0 Å². The van der Waals surface area contributed by atoms with Crippen LogP contribution in [-0.4, -0.2) is 77.8 Å². The highest BCUT2D eigenvalue weighted by Gasteiger charge is 2.52. The van der Waals surface area contributed by atoms with Crippen LogP contribution >= 0.6 is 0 Å². The lowest BCUT2D eigenvalue weighted by molar-refractivity contribution is -0.144. The molecule has 1 aromatic carbocycles. The molecule has 0 unspecified atom stereocenters. The molecule has 0 aromatic heterocycles. The predicted molar refractivity (Wildman–Crippen MR) is 132 cm³/mol. The second-order valence-corrected chi connectivity index (χ2v) is 10.1. The molecule has 0 saturated heterocycles. The van der Waals surface area contributed by atoms with Gasteiger partial charge in [0.2, 0.25) is 11.8 Å². The second-order valence-electron chi connectivity index (χ2n) is 10.1. The van der Waals surface area contributed by atoms with Gasteiger partial charge in [-0.25, -0.2) is 0 Å². The fourth-order valence-electron chi connectivity index (χ4n) is 5.76. The number of aldehydes is 1. The maximum absolute atomic E-state index is 13.5. The van der Waals surface area contributed by atoms with Crippen molar-refractivity contribution in [2.45, 2.75) is 76.2 Å². The van der Waals surface area contributed by atoms with Crippen molar-refractivity contribution in [1.82, 2.24) is 10.2 Å². The summed E-state index contributed by atoms with van der Waals surface area (Å²) >= 11 is 0. The number of carbonyl (C=O) groups is 3. The van der Waals surface area contributed by atoms with Gasteiger partial charge in [-0.2, -0.15) is 0 Å². The van der Waals surface area contributed by atoms with Crippen LogP contribution in [0.5, 0.6) is 11.5 Å². The van der Waals surface area contributed by atoms with Gasteiger partial charge in [-0.15, -0.1) is 0 Å². The highest BCUT2D eigenvalue weighted by atomic mass is 16.5. The van der Waals surface area contributed by atoms with Crippen molar-refractivity contribution >= 4 is 18.1 Å². The Morgan fingerprint density at radius 3 is 2.58 bits per heavy atom. The first-order chi connectivity index (χ1) is 17.3. The van der Waals surface area contributed by atoms with Crippen LogP contribution < -0.4 is 14.8 Å². The number of methoxy groups -OCH3 is 1. The summed E-state index contributed by atoms with van der Waals surface area (Å²) in [6, 6.07) is 2.40. The van der Waals surface area contributed by atoms with Gasteiger partial charge in [-0.3, -0.25) is 14.4 Å². The molecule has 1 heterocycles. The van der Waals surface area contributed by atoms with Crippen LogP contribution in [0, 0.1) is 5.92 Å². The monoisotopic (exact) mass is 500 g/mol. The second kappa shape index (κ2) is 11.0. The summed E-state index contributed by atoms with van der Waals surface area (Å²) in [5, 5.41) is 23.6. The average Bonchev–Trinajstić information content (AvgIpc) is 3.28. The molecule has 9 nitrogen and oxygen atoms in total. The van der Waals surface area contributed by atoms with Crippen molar-refractivity contribution in [2.75, 3.05) is 20.3 Å². The molecule has 0 spiro atoms. The molecule has 4 rings (SSSR count). The first-order valence-corrected chi connectivity index (χ1v) is 12.8. The zero-order valence-corrected chi connectivity index (χ0v) is 21.1. The molecule has 0 bridgehead atoms. The van der Waals surface area contributed by atoms with Crippen molar-refractivity contribution in [3.63, 3.8) is 0 Å². The van der Waals surface area contributed by atoms with E-state index in [1.807, 2.05) is 13.8 Å². The van der Waals surface area contributed by atoms with Crippen LogP contribution in [0.25, 0.3) is 0 Å². The van der Waals surface area contributed by atoms with Gasteiger partial charge < -0.3 is 29.9 Å². The number of rotatable bonds is 8. The van der Waals surface area contributed by atoms with Crippen molar-refractivity contribution in [1.29, 1.82) is 0 Å². The van der Waals surface area contributed by atoms with Gasteiger partial charge in [-0.05, 0) is 31.1 Å². The van der Waals surface area contributed by atoms with E-state index >= 15 is 0 Å². The smallest absolute Gasteiger partial charge is 0.247 e. The van der Waals surface area contributed by atoms with Gasteiger partial charge >= 0.3 is 0 Å². The van der Waals surface area contributed by atoms with Crippen molar-refractivity contribution in [3.05, 3.63) is 34.9 Å². The lowest BCUT2D eigenvalue weighted by Crippen LogP contribution is -2.59. The summed E-state index contributed by atoms with van der Waals surface area (Å²) in [6.07, 6.45) is 5.22. The number of carbonyl (C=O) groups excluding carboxylic acids is 3. The standard InChI is InChI=1S/C27H36N2O7/c1-15(2)27(34)29(17-7-5-4-6-8-17)20-13-19(26(33)28-9-10-30)22-18-11-16(14-31)12-21(35-3)24(18)36-25(22)23(20)32/h11-15,17,20,22-23,25,30,32H,4-10H2,1-3H3,(H,28,33)/t20-,22+,23+,25+/m1/s1. The lowest BCUT2D eigenvalue weighted by atomic mass is 9.76. The Balaban J connectivity index is 1.83. The van der Waals surface area contributed by atoms with E-state index in [1.54, 1.807) is 23.1 Å². The van der Waals surface area contributed by atoms with Gasteiger partial charge in [0, 0.05) is 35.2 Å². The Bertz CT molecular complexity index is 1030. The van der Waals surface area contributed by atoms with E-state index < -0.39 is 30.1 Å². The molecular formula is C27H36N2O7. The number of amides is 2. The third-order valence-electron chi connectivity index (χ3n) is 7.45. The van der Waals surface area contributed by atoms with E-state index in [1.165, 1.54) is 7.11 Å². The first-order valence-electron chi connectivity index (χ1n) is 12.8. The minimum atomic E-state index is -1.11. The van der Waals surface area contributed by atoms with E-state index in [0.717, 1.165) is 32.1 Å². The van der Waals surface area contributed by atoms with Gasteiger partial charge in [0.05, 0.1) is 25.7 Å². The van der Waals surface area contributed by atoms with Gasteiger partial charge in [0.1, 0.15) is 18.5 Å². The highest BCUT2D eigenvalue weighted by Crippen LogP contribution is 2.51. The minimum absolute atomic E-state index is 0.0390. The Hall–Kier alpha value is -2.91. The van der Waals surface area contributed by atoms with E-state index in [9.17, 15) is 24.6 Å². The van der Waals surface area contributed by atoms with Crippen molar-refractivity contribution < 1.29 is 34.1 Å². The number of ether oxygens (including phenoxy) is 2. The van der Waals surface area contributed by atoms with Crippen molar-refractivity contribution in [2.24, 2.45) is 5.92 Å². The van der Waals surface area contributed by atoms with E-state index in [-0.39, 0.29) is 31.0 Å². The Morgan fingerprint density at radius 1 is 1.25 bits per heavy atom. The molecule has 2 aliphatic carbocycles. The number of nitrogens with one attached hydrogen (secondary N) is 1. The van der Waals surface area contributed by atoms with Crippen LogP contribution in [0.2, 0.25) is 0 Å². The van der Waals surface area contributed by atoms with E-state index in [2.05, 4.69) is 5.32 Å². The van der Waals surface area contributed by atoms with Gasteiger partial charge in [-0.1, -0.05) is 33.1 Å². The Labute approximate surface area is 211 Å². The third kappa shape index (κ3) is 4.74. The number of aliphatic hydroxyl groups excluding tert-OH is 2. The SMILES string of the molecule is COc1cc(C=O)cc2c1O[C@@H]1[C@@H](O)[C@H](N(C(=O)C(C)C)C3CCCCC3)C=C(C(=O)NCCO)[C@H]21. The fraction of sp³-hybridized carbons (Fsp3) is 0.593. The van der Waals surface area contributed by atoms with Gasteiger partial charge in [0.25, 0.3) is 0 Å². The summed E-state index contributed by atoms with van der Waals surface area (Å²) in [6.45, 7) is 3.50. The van der Waals surface area contributed by atoms with Crippen LogP contribution in [0.15, 0.2) is 23.8 Å². The zero-order valence-electron chi connectivity index (χ0n) is 21.1. The quantitative estimate of drug-likeness (QED) is 0.466. The molecular weight excluding hydrogens is 464 g/mol. The van der Waals surface area contributed by atoms with Crippen LogP contribution in [0.4, 0.5) is 0 Å². The van der Waals surface area contributed by atoms with E-state index in [4.69, 9.17) is 9.47 Å². The van der Waals surface area contributed by atoms with Crippen LogP contribution in [-0.2, 0) is 9.59 Å². The fourth-order valence-corrected chi connectivity index (χ4v) is 5.76. The van der Waals surface area contributed by atoms with Gasteiger partial charge in [0.15, 0.2) is 11.5 Å². The third-order valence-corrected chi connectivity index (χ3v) is 7.45. The Morgan fingerprint density at radius 2 is 1.97 bits per heavy atom. The number of fused-ring (bicyclic) bond motifs is 3. The Kier molecular flexibility index (Phi) is 8.00. The normalized spacial score (nSPS) is 25.3. The van der Waals surface area contributed by atoms with Crippen molar-refractivity contribution in [3.8, 4) is 11.5 Å². The summed E-state index contributed by atoms with van der Waals surface area (Å²) in [5.41, 5.74) is 1.27. The maximum Gasteiger partial charge on any atom is 0.247 e. The number of benzene rings is 1. The lowest BCUT2D eigenvalue weighted by Gasteiger charge is -2.45.